The molecule has 0 aliphatic carbocycles. The molecular formula is C20H18ClNO7S. The van der Waals surface area contributed by atoms with E-state index in [-0.39, 0.29) is 24.0 Å². The van der Waals surface area contributed by atoms with Gasteiger partial charge in [0.15, 0.2) is 17.1 Å². The van der Waals surface area contributed by atoms with Gasteiger partial charge in [0.05, 0.1) is 16.1 Å². The zero-order valence-electron chi connectivity index (χ0n) is 16.1. The number of ether oxygens (including phenoxy) is 3. The van der Waals surface area contributed by atoms with Crippen LogP contribution in [0, 0.1) is 11.8 Å². The van der Waals surface area contributed by atoms with Gasteiger partial charge in [0.2, 0.25) is 6.79 Å². The van der Waals surface area contributed by atoms with E-state index in [0.717, 1.165) is 0 Å². The number of fused-ring (bicyclic) bond motifs is 1. The maximum Gasteiger partial charge on any atom is 0.335 e. The molecular weight excluding hydrogens is 434 g/mol. The van der Waals surface area contributed by atoms with Crippen LogP contribution >= 0.6 is 11.6 Å². The highest BCUT2D eigenvalue weighted by molar-refractivity contribution is 7.92. The lowest BCUT2D eigenvalue weighted by Gasteiger charge is -2.17. The highest BCUT2D eigenvalue weighted by Crippen LogP contribution is 2.34. The van der Waals surface area contributed by atoms with Crippen molar-refractivity contribution < 1.29 is 32.5 Å². The fraction of sp³-hybridized carbons (Fsp3) is 0.250. The van der Waals surface area contributed by atoms with Crippen LogP contribution in [0.5, 0.6) is 11.5 Å². The molecule has 0 saturated carbocycles. The summed E-state index contributed by atoms with van der Waals surface area (Å²) in [6.45, 7) is 2.67. The van der Waals surface area contributed by atoms with Gasteiger partial charge in [0, 0.05) is 11.1 Å². The molecule has 1 aliphatic heterocycles. The summed E-state index contributed by atoms with van der Waals surface area (Å²) >= 11 is 6.01. The zero-order chi connectivity index (χ0) is 21.9. The molecule has 0 amide bonds. The molecule has 1 heterocycles. The van der Waals surface area contributed by atoms with Crippen LogP contribution in [-0.4, -0.2) is 38.5 Å². The van der Waals surface area contributed by atoms with Gasteiger partial charge >= 0.3 is 5.97 Å². The Morgan fingerprint density at radius 3 is 2.70 bits per heavy atom. The van der Waals surface area contributed by atoms with Crippen LogP contribution in [0.4, 0.5) is 5.69 Å². The molecule has 0 bridgehead atoms. The van der Waals surface area contributed by atoms with E-state index >= 15 is 0 Å². The van der Waals surface area contributed by atoms with Gasteiger partial charge in [0.1, 0.15) is 6.61 Å². The summed E-state index contributed by atoms with van der Waals surface area (Å²) in [4.78, 5) is 11.1. The highest BCUT2D eigenvalue weighted by atomic mass is 35.5. The third-order valence-corrected chi connectivity index (χ3v) is 5.72. The summed E-state index contributed by atoms with van der Waals surface area (Å²) in [5.74, 6) is 5.12. The highest BCUT2D eigenvalue weighted by Gasteiger charge is 2.27. The molecule has 2 aromatic rings. The Balaban J connectivity index is 1.82. The van der Waals surface area contributed by atoms with Crippen molar-refractivity contribution in [2.24, 2.45) is 0 Å². The maximum atomic E-state index is 12.8. The quantitative estimate of drug-likeness (QED) is 0.649. The van der Waals surface area contributed by atoms with Crippen LogP contribution in [0.2, 0.25) is 5.02 Å². The first-order valence-electron chi connectivity index (χ1n) is 8.67. The third kappa shape index (κ3) is 4.97. The lowest BCUT2D eigenvalue weighted by Crippen LogP contribution is -2.34. The molecule has 10 heteroatoms. The first kappa shape index (κ1) is 21.8. The zero-order valence-corrected chi connectivity index (χ0v) is 17.6. The Bertz CT molecular complexity index is 1150. The van der Waals surface area contributed by atoms with E-state index < -0.39 is 21.6 Å². The van der Waals surface area contributed by atoms with Gasteiger partial charge < -0.3 is 19.3 Å². The fourth-order valence-corrected chi connectivity index (χ4v) is 3.63. The number of rotatable bonds is 6. The summed E-state index contributed by atoms with van der Waals surface area (Å²) in [6.07, 6.45) is 0. The topological polar surface area (TPSA) is 111 Å². The molecule has 0 saturated heterocycles. The van der Waals surface area contributed by atoms with Crippen molar-refractivity contribution in [3.05, 3.63) is 47.0 Å². The average Bonchev–Trinajstić information content (AvgIpc) is 3.15. The second-order valence-corrected chi connectivity index (χ2v) is 8.84. The van der Waals surface area contributed by atoms with Crippen LogP contribution in [-0.2, 0) is 19.6 Å². The van der Waals surface area contributed by atoms with Crippen LogP contribution in [0.3, 0.4) is 0 Å². The Labute approximate surface area is 178 Å². The molecule has 2 N–H and O–H groups in total. The van der Waals surface area contributed by atoms with Crippen LogP contribution < -0.4 is 14.2 Å². The number of carboxylic acid groups (broad SMARTS) is 1. The van der Waals surface area contributed by atoms with E-state index in [2.05, 4.69) is 16.6 Å². The second-order valence-electron chi connectivity index (χ2n) is 6.72. The SMILES string of the molecule is CC(C)(OCC#Cc1cc(Cl)ccc1NS(=O)(=O)c1ccc2c(c1)OCO2)C(=O)O. The van der Waals surface area contributed by atoms with Gasteiger partial charge in [-0.25, -0.2) is 13.2 Å². The normalized spacial score (nSPS) is 12.8. The number of hydrogen-bond acceptors (Lipinski definition) is 6. The van der Waals surface area contributed by atoms with Gasteiger partial charge in [-0.15, -0.1) is 0 Å². The van der Waals surface area contributed by atoms with Gasteiger partial charge in [-0.05, 0) is 44.2 Å². The van der Waals surface area contributed by atoms with Crippen molar-refractivity contribution in [2.45, 2.75) is 24.3 Å². The van der Waals surface area contributed by atoms with E-state index in [1.165, 1.54) is 50.2 Å². The Morgan fingerprint density at radius 1 is 1.23 bits per heavy atom. The molecule has 0 spiro atoms. The monoisotopic (exact) mass is 451 g/mol. The van der Waals surface area contributed by atoms with Crippen molar-refractivity contribution in [2.75, 3.05) is 18.1 Å². The first-order chi connectivity index (χ1) is 14.1. The second kappa shape index (κ2) is 8.44. The number of anilines is 1. The third-order valence-electron chi connectivity index (χ3n) is 4.12. The average molecular weight is 452 g/mol. The number of benzene rings is 2. The lowest BCUT2D eigenvalue weighted by atomic mass is 10.1. The van der Waals surface area contributed by atoms with E-state index in [1.54, 1.807) is 0 Å². The molecule has 0 radical (unpaired) electrons. The molecule has 0 fully saturated rings. The van der Waals surface area contributed by atoms with Gasteiger partial charge in [-0.1, -0.05) is 23.4 Å². The van der Waals surface area contributed by atoms with E-state index in [0.29, 0.717) is 22.1 Å². The Hall–Kier alpha value is -2.93. The number of nitrogens with one attached hydrogen (secondary N) is 1. The van der Waals surface area contributed by atoms with E-state index in [9.17, 15) is 13.2 Å². The van der Waals surface area contributed by atoms with E-state index in [1.807, 2.05) is 0 Å². The molecule has 2 aromatic carbocycles. The number of halogens is 1. The maximum absolute atomic E-state index is 12.8. The smallest absolute Gasteiger partial charge is 0.335 e. The number of aliphatic carboxylic acids is 1. The van der Waals surface area contributed by atoms with Crippen molar-refractivity contribution in [1.82, 2.24) is 0 Å². The number of hydrogen-bond donors (Lipinski definition) is 2. The van der Waals surface area contributed by atoms with Crippen molar-refractivity contribution in [3.8, 4) is 23.3 Å². The first-order valence-corrected chi connectivity index (χ1v) is 10.5. The minimum atomic E-state index is -3.94. The predicted octanol–water partition coefficient (Wildman–Crippen LogP) is 3.10. The van der Waals surface area contributed by atoms with Gasteiger partial charge in [-0.3, -0.25) is 4.72 Å². The summed E-state index contributed by atoms with van der Waals surface area (Å²) in [5.41, 5.74) is -0.877. The minimum absolute atomic E-state index is 0.00727. The predicted molar refractivity (Wildman–Crippen MR) is 109 cm³/mol. The molecule has 0 aromatic heterocycles. The number of sulfonamides is 1. The van der Waals surface area contributed by atoms with Crippen LogP contribution in [0.25, 0.3) is 0 Å². The summed E-state index contributed by atoms with van der Waals surface area (Å²) in [7, 11) is -3.94. The summed E-state index contributed by atoms with van der Waals surface area (Å²) < 4.78 is 43.7. The standard InChI is InChI=1S/C20H18ClNO7S/c1-20(2,19(23)24)29-9-3-4-13-10-14(21)5-7-16(13)22-30(25,26)15-6-8-17-18(11-15)28-12-27-17/h5-8,10-11,22H,9,12H2,1-2H3,(H,23,24). The molecule has 0 atom stereocenters. The van der Waals surface area contributed by atoms with Crippen molar-refractivity contribution >= 4 is 33.3 Å². The van der Waals surface area contributed by atoms with Crippen molar-refractivity contribution in [3.63, 3.8) is 0 Å². The molecule has 3 rings (SSSR count). The lowest BCUT2D eigenvalue weighted by molar-refractivity contribution is -0.159. The van der Waals surface area contributed by atoms with Gasteiger partial charge in [-0.2, -0.15) is 0 Å². The molecule has 1 aliphatic rings. The largest absolute Gasteiger partial charge is 0.479 e. The summed E-state index contributed by atoms with van der Waals surface area (Å²) in [5, 5.41) is 9.41. The minimum Gasteiger partial charge on any atom is -0.479 e. The Kier molecular flexibility index (Phi) is 6.12. The molecule has 8 nitrogen and oxygen atoms in total. The van der Waals surface area contributed by atoms with Crippen LogP contribution in [0.1, 0.15) is 19.4 Å². The molecule has 158 valence electrons. The fourth-order valence-electron chi connectivity index (χ4n) is 2.37. The number of carbonyl (C=O) groups is 1. The number of carboxylic acids is 1. The molecule has 30 heavy (non-hydrogen) atoms. The van der Waals surface area contributed by atoms with Gasteiger partial charge in [0.25, 0.3) is 10.0 Å². The summed E-state index contributed by atoms with van der Waals surface area (Å²) in [6, 6.07) is 8.79. The molecule has 0 unspecified atom stereocenters. The van der Waals surface area contributed by atoms with Crippen molar-refractivity contribution in [1.29, 1.82) is 0 Å². The van der Waals surface area contributed by atoms with E-state index in [4.69, 9.17) is 30.9 Å². The van der Waals surface area contributed by atoms with Crippen LogP contribution in [0.15, 0.2) is 41.3 Å². The Morgan fingerprint density at radius 2 is 1.97 bits per heavy atom.